The molecule has 0 radical (unpaired) electrons. The van der Waals surface area contributed by atoms with Crippen molar-refractivity contribution in [2.24, 2.45) is 0 Å². The molecular weight excluding hydrogens is 290 g/mol. The molecule has 110 valence electrons. The van der Waals surface area contributed by atoms with Crippen LogP contribution in [0.1, 0.15) is 35.6 Å². The van der Waals surface area contributed by atoms with E-state index in [4.69, 9.17) is 11.6 Å². The molecule has 6 heteroatoms. The van der Waals surface area contributed by atoms with E-state index in [0.717, 1.165) is 24.2 Å². The van der Waals surface area contributed by atoms with Gasteiger partial charge in [-0.25, -0.2) is 4.98 Å². The average molecular weight is 306 g/mol. The quantitative estimate of drug-likeness (QED) is 0.642. The van der Waals surface area contributed by atoms with Crippen LogP contribution < -0.4 is 0 Å². The van der Waals surface area contributed by atoms with Gasteiger partial charge in [-0.3, -0.25) is 10.1 Å². The molecule has 0 saturated carbocycles. The van der Waals surface area contributed by atoms with Crippen LogP contribution in [0.2, 0.25) is 5.02 Å². The van der Waals surface area contributed by atoms with Crippen molar-refractivity contribution in [3.05, 3.63) is 56.1 Å². The Morgan fingerprint density at radius 3 is 2.86 bits per heavy atom. The van der Waals surface area contributed by atoms with Crippen molar-refractivity contribution in [2.45, 2.75) is 39.2 Å². The maximum Gasteiger partial charge on any atom is 0.270 e. The highest BCUT2D eigenvalue weighted by Gasteiger charge is 2.19. The zero-order chi connectivity index (χ0) is 15.0. The van der Waals surface area contributed by atoms with Gasteiger partial charge in [0.1, 0.15) is 5.82 Å². The predicted octanol–water partition coefficient (Wildman–Crippen LogP) is 3.68. The second-order valence-electron chi connectivity index (χ2n) is 5.38. The van der Waals surface area contributed by atoms with Gasteiger partial charge < -0.3 is 4.57 Å². The molecule has 0 spiro atoms. The van der Waals surface area contributed by atoms with Gasteiger partial charge in [-0.15, -0.1) is 0 Å². The fraction of sp³-hybridized carbons (Fsp3) is 0.400. The number of hydrogen-bond acceptors (Lipinski definition) is 3. The third-order valence-corrected chi connectivity index (χ3v) is 4.35. The minimum absolute atomic E-state index is 0.0214. The van der Waals surface area contributed by atoms with Gasteiger partial charge in [-0.2, -0.15) is 0 Å². The van der Waals surface area contributed by atoms with Crippen LogP contribution in [-0.4, -0.2) is 14.5 Å². The first-order valence-electron chi connectivity index (χ1n) is 7.04. The highest BCUT2D eigenvalue weighted by atomic mass is 35.5. The lowest BCUT2D eigenvalue weighted by atomic mass is 10.0. The van der Waals surface area contributed by atoms with E-state index in [1.54, 1.807) is 6.07 Å². The van der Waals surface area contributed by atoms with Crippen molar-refractivity contribution in [2.75, 3.05) is 0 Å². The number of rotatable bonds is 3. The fourth-order valence-corrected chi connectivity index (χ4v) is 3.13. The molecule has 0 N–H and O–H groups in total. The molecule has 21 heavy (non-hydrogen) atoms. The maximum absolute atomic E-state index is 10.8. The molecule has 2 aromatic rings. The van der Waals surface area contributed by atoms with E-state index in [9.17, 15) is 10.1 Å². The molecular formula is C15H16ClN3O2. The molecule has 0 unspecified atom stereocenters. The SMILES string of the molecule is Cc1nc2c(n1Cc1ccc([N+](=O)[O-])cc1Cl)CCCC2. The number of benzene rings is 1. The Bertz CT molecular complexity index is 709. The maximum atomic E-state index is 10.8. The number of aryl methyl sites for hydroxylation is 2. The second kappa shape index (κ2) is 5.48. The van der Waals surface area contributed by atoms with Crippen LogP contribution in [0, 0.1) is 17.0 Å². The molecule has 0 aliphatic heterocycles. The first-order valence-corrected chi connectivity index (χ1v) is 7.42. The zero-order valence-corrected chi connectivity index (χ0v) is 12.6. The van der Waals surface area contributed by atoms with Crippen molar-refractivity contribution in [3.63, 3.8) is 0 Å². The van der Waals surface area contributed by atoms with Gasteiger partial charge in [0.15, 0.2) is 0 Å². The lowest BCUT2D eigenvalue weighted by molar-refractivity contribution is -0.384. The van der Waals surface area contributed by atoms with Crippen molar-refractivity contribution < 1.29 is 4.92 Å². The number of aromatic nitrogens is 2. The lowest BCUT2D eigenvalue weighted by Gasteiger charge is -2.15. The molecule has 1 aliphatic carbocycles. The Hall–Kier alpha value is -1.88. The van der Waals surface area contributed by atoms with Crippen molar-refractivity contribution in [1.29, 1.82) is 0 Å². The van der Waals surface area contributed by atoms with Gasteiger partial charge in [0.25, 0.3) is 5.69 Å². The van der Waals surface area contributed by atoms with Gasteiger partial charge in [0.2, 0.25) is 0 Å². The molecule has 1 heterocycles. The Balaban J connectivity index is 1.94. The van der Waals surface area contributed by atoms with Crippen molar-refractivity contribution >= 4 is 17.3 Å². The fourth-order valence-electron chi connectivity index (χ4n) is 2.89. The molecule has 1 aromatic carbocycles. The van der Waals surface area contributed by atoms with Gasteiger partial charge in [-0.1, -0.05) is 11.6 Å². The minimum atomic E-state index is -0.431. The summed E-state index contributed by atoms with van der Waals surface area (Å²) in [4.78, 5) is 15.0. The third kappa shape index (κ3) is 2.65. The van der Waals surface area contributed by atoms with Gasteiger partial charge in [0.05, 0.1) is 22.2 Å². The van der Waals surface area contributed by atoms with E-state index in [0.29, 0.717) is 11.6 Å². The van der Waals surface area contributed by atoms with Crippen LogP contribution in [0.25, 0.3) is 0 Å². The van der Waals surface area contributed by atoms with Crippen LogP contribution in [0.3, 0.4) is 0 Å². The molecule has 0 amide bonds. The monoisotopic (exact) mass is 305 g/mol. The number of nitrogens with zero attached hydrogens (tertiary/aromatic N) is 3. The molecule has 5 nitrogen and oxygen atoms in total. The molecule has 0 atom stereocenters. The summed E-state index contributed by atoms with van der Waals surface area (Å²) in [5.74, 6) is 0.983. The van der Waals surface area contributed by atoms with Crippen LogP contribution in [-0.2, 0) is 19.4 Å². The summed E-state index contributed by atoms with van der Waals surface area (Å²) in [7, 11) is 0. The summed E-state index contributed by atoms with van der Waals surface area (Å²) in [6, 6.07) is 4.64. The lowest BCUT2D eigenvalue weighted by Crippen LogP contribution is -2.10. The van der Waals surface area contributed by atoms with Gasteiger partial charge in [0, 0.05) is 17.8 Å². The number of nitro benzene ring substituents is 1. The molecule has 0 saturated heterocycles. The first kappa shape index (κ1) is 14.1. The third-order valence-electron chi connectivity index (χ3n) is 4.00. The highest BCUT2D eigenvalue weighted by molar-refractivity contribution is 6.31. The standard InChI is InChI=1S/C15H16ClN3O2/c1-10-17-14-4-2-3-5-15(14)18(10)9-11-6-7-12(19(20)21)8-13(11)16/h6-8H,2-5,9H2,1H3. The Labute approximate surface area is 127 Å². The summed E-state index contributed by atoms with van der Waals surface area (Å²) in [6.07, 6.45) is 4.46. The summed E-state index contributed by atoms with van der Waals surface area (Å²) >= 11 is 6.19. The topological polar surface area (TPSA) is 61.0 Å². The van der Waals surface area contributed by atoms with Crippen molar-refractivity contribution in [1.82, 2.24) is 9.55 Å². The summed E-state index contributed by atoms with van der Waals surface area (Å²) in [6.45, 7) is 2.61. The zero-order valence-electron chi connectivity index (χ0n) is 11.8. The van der Waals surface area contributed by atoms with Gasteiger partial charge in [-0.05, 0) is 44.2 Å². The first-order chi connectivity index (χ1) is 10.1. The van der Waals surface area contributed by atoms with Gasteiger partial charge >= 0.3 is 0 Å². The molecule has 0 fully saturated rings. The second-order valence-corrected chi connectivity index (χ2v) is 5.79. The number of nitro groups is 1. The highest BCUT2D eigenvalue weighted by Crippen LogP contribution is 2.27. The van der Waals surface area contributed by atoms with E-state index >= 15 is 0 Å². The average Bonchev–Trinajstić information content (AvgIpc) is 2.77. The van der Waals surface area contributed by atoms with E-state index in [1.165, 1.54) is 36.4 Å². The van der Waals surface area contributed by atoms with E-state index < -0.39 is 4.92 Å². The predicted molar refractivity (Wildman–Crippen MR) is 80.8 cm³/mol. The molecule has 3 rings (SSSR count). The van der Waals surface area contributed by atoms with E-state index in [-0.39, 0.29) is 5.69 Å². The minimum Gasteiger partial charge on any atom is -0.328 e. The number of imidazole rings is 1. The van der Waals surface area contributed by atoms with E-state index in [1.807, 2.05) is 6.92 Å². The van der Waals surface area contributed by atoms with E-state index in [2.05, 4.69) is 9.55 Å². The number of fused-ring (bicyclic) bond motifs is 1. The largest absolute Gasteiger partial charge is 0.328 e. The number of non-ortho nitro benzene ring substituents is 1. The van der Waals surface area contributed by atoms with Crippen LogP contribution >= 0.6 is 11.6 Å². The summed E-state index contributed by atoms with van der Waals surface area (Å²) in [5.41, 5.74) is 3.38. The normalized spacial score (nSPS) is 14.0. The van der Waals surface area contributed by atoms with Crippen LogP contribution in [0.5, 0.6) is 0 Å². The Kier molecular flexibility index (Phi) is 3.68. The Morgan fingerprint density at radius 1 is 1.38 bits per heavy atom. The number of halogens is 1. The van der Waals surface area contributed by atoms with Crippen LogP contribution in [0.15, 0.2) is 18.2 Å². The molecule has 1 aliphatic rings. The Morgan fingerprint density at radius 2 is 2.14 bits per heavy atom. The smallest absolute Gasteiger partial charge is 0.270 e. The molecule has 0 bridgehead atoms. The van der Waals surface area contributed by atoms with Crippen molar-refractivity contribution in [3.8, 4) is 0 Å². The van der Waals surface area contributed by atoms with Crippen LogP contribution in [0.4, 0.5) is 5.69 Å². The number of hydrogen-bond donors (Lipinski definition) is 0. The molecule has 1 aromatic heterocycles. The summed E-state index contributed by atoms with van der Waals surface area (Å²) < 4.78 is 2.18. The summed E-state index contributed by atoms with van der Waals surface area (Å²) in [5, 5.41) is 11.2.